The van der Waals surface area contributed by atoms with E-state index in [-0.39, 0.29) is 12.2 Å². The standard InChI is InChI=1S/C24H32O6/c1-15(2)29-22-18(11-12-19(25-5)24(22)30-16(3)4)10-9-17-13-20(26-6)23(28-8)21(14-17)27-7/h9-16H,1-8H3/b10-9-/i8+2. The van der Waals surface area contributed by atoms with Crippen molar-refractivity contribution in [1.29, 1.82) is 0 Å². The molecule has 6 nitrogen and oxygen atoms in total. The van der Waals surface area contributed by atoms with E-state index in [2.05, 4.69) is 0 Å². The van der Waals surface area contributed by atoms with Crippen molar-refractivity contribution >= 4 is 12.2 Å². The Labute approximate surface area is 179 Å². The third kappa shape index (κ3) is 5.53. The summed E-state index contributed by atoms with van der Waals surface area (Å²) in [7, 11) is 6.39. The van der Waals surface area contributed by atoms with Gasteiger partial charge in [0.05, 0.1) is 40.6 Å². The van der Waals surface area contributed by atoms with Crippen molar-refractivity contribution < 1.29 is 28.4 Å². The Morgan fingerprint density at radius 1 is 0.700 bits per heavy atom. The average molecular weight is 419 g/mol. The van der Waals surface area contributed by atoms with E-state index in [1.54, 1.807) is 28.4 Å². The van der Waals surface area contributed by atoms with Gasteiger partial charge >= 0.3 is 0 Å². The Morgan fingerprint density at radius 2 is 1.23 bits per heavy atom. The van der Waals surface area contributed by atoms with Crippen molar-refractivity contribution in [2.75, 3.05) is 28.4 Å². The highest BCUT2D eigenvalue weighted by Crippen LogP contribution is 2.43. The van der Waals surface area contributed by atoms with Crippen molar-refractivity contribution in [3.05, 3.63) is 35.4 Å². The molecule has 0 saturated carbocycles. The van der Waals surface area contributed by atoms with Crippen LogP contribution in [0.15, 0.2) is 24.3 Å². The first kappa shape index (κ1) is 23.3. The Kier molecular flexibility index (Phi) is 8.27. The molecule has 0 fully saturated rings. The number of rotatable bonds is 10. The predicted octanol–water partition coefficient (Wildman–Crippen LogP) is 5.47. The summed E-state index contributed by atoms with van der Waals surface area (Å²) in [6.07, 6.45) is 3.87. The minimum Gasteiger partial charge on any atom is -0.493 e. The van der Waals surface area contributed by atoms with Gasteiger partial charge in [0.25, 0.3) is 0 Å². The smallest absolute Gasteiger partial charge is 0.204 e. The molecule has 0 atom stereocenters. The van der Waals surface area contributed by atoms with Gasteiger partial charge < -0.3 is 28.4 Å². The van der Waals surface area contributed by atoms with Crippen molar-refractivity contribution in [1.82, 2.24) is 0 Å². The molecule has 0 aliphatic carbocycles. The molecule has 164 valence electrons. The van der Waals surface area contributed by atoms with Gasteiger partial charge in [-0.15, -0.1) is 0 Å². The molecule has 0 heterocycles. The zero-order chi connectivity index (χ0) is 22.3. The second kappa shape index (κ2) is 10.7. The Balaban J connectivity index is 2.55. The van der Waals surface area contributed by atoms with Crippen LogP contribution in [-0.4, -0.2) is 40.6 Å². The van der Waals surface area contributed by atoms with Crippen LogP contribution in [0.3, 0.4) is 0 Å². The fraction of sp³-hybridized carbons (Fsp3) is 0.417. The van der Waals surface area contributed by atoms with E-state index in [0.29, 0.717) is 34.5 Å². The SMILES string of the molecule is COc1cc(/C=C\c2ccc(OC)c(OC(C)C)c2OC(C)C)cc(OC)c1O[14CH3]. The van der Waals surface area contributed by atoms with Crippen LogP contribution in [0.25, 0.3) is 12.2 Å². The fourth-order valence-electron chi connectivity index (χ4n) is 2.94. The lowest BCUT2D eigenvalue weighted by Crippen LogP contribution is -2.12. The van der Waals surface area contributed by atoms with Crippen molar-refractivity contribution in [3.63, 3.8) is 0 Å². The zero-order valence-corrected chi connectivity index (χ0v) is 19.1. The van der Waals surface area contributed by atoms with Crippen LogP contribution in [0.4, 0.5) is 0 Å². The van der Waals surface area contributed by atoms with Gasteiger partial charge in [-0.1, -0.05) is 12.2 Å². The van der Waals surface area contributed by atoms with Gasteiger partial charge in [0.15, 0.2) is 23.0 Å². The lowest BCUT2D eigenvalue weighted by atomic mass is 10.1. The molecule has 0 N–H and O–H groups in total. The first-order valence-electron chi connectivity index (χ1n) is 9.86. The van der Waals surface area contributed by atoms with Crippen LogP contribution in [0.1, 0.15) is 38.8 Å². The second-order valence-corrected chi connectivity index (χ2v) is 7.14. The topological polar surface area (TPSA) is 55.4 Å². The molecule has 6 heteroatoms. The van der Waals surface area contributed by atoms with E-state index in [9.17, 15) is 0 Å². The molecule has 0 saturated heterocycles. The fourth-order valence-corrected chi connectivity index (χ4v) is 2.94. The number of benzene rings is 2. The molecular weight excluding hydrogens is 386 g/mol. The quantitative estimate of drug-likeness (QED) is 0.477. The predicted molar refractivity (Wildman–Crippen MR) is 120 cm³/mol. The Morgan fingerprint density at radius 3 is 1.70 bits per heavy atom. The lowest BCUT2D eigenvalue weighted by Gasteiger charge is -2.21. The van der Waals surface area contributed by atoms with Gasteiger partial charge in [-0.05, 0) is 57.5 Å². The number of hydrogen-bond acceptors (Lipinski definition) is 6. The summed E-state index contributed by atoms with van der Waals surface area (Å²) in [5.74, 6) is 3.60. The summed E-state index contributed by atoms with van der Waals surface area (Å²) in [4.78, 5) is 0. The van der Waals surface area contributed by atoms with Crippen LogP contribution in [0.5, 0.6) is 34.5 Å². The van der Waals surface area contributed by atoms with Crippen LogP contribution in [0, 0.1) is 0 Å². The van der Waals surface area contributed by atoms with E-state index in [1.165, 1.54) is 0 Å². The first-order valence-corrected chi connectivity index (χ1v) is 9.86. The third-order valence-corrected chi connectivity index (χ3v) is 4.18. The molecule has 0 spiro atoms. The lowest BCUT2D eigenvalue weighted by molar-refractivity contribution is 0.191. The van der Waals surface area contributed by atoms with Crippen molar-refractivity contribution in [3.8, 4) is 34.5 Å². The average Bonchev–Trinajstić information content (AvgIpc) is 2.72. The summed E-state index contributed by atoms with van der Waals surface area (Å²) >= 11 is 0. The molecule has 0 amide bonds. The summed E-state index contributed by atoms with van der Waals surface area (Å²) < 4.78 is 33.9. The van der Waals surface area contributed by atoms with Crippen LogP contribution >= 0.6 is 0 Å². The minimum atomic E-state index is -0.0278. The molecule has 0 bridgehead atoms. The summed E-state index contributed by atoms with van der Waals surface area (Å²) in [5, 5.41) is 0. The van der Waals surface area contributed by atoms with Gasteiger partial charge in [-0.25, -0.2) is 0 Å². The van der Waals surface area contributed by atoms with Gasteiger partial charge in [0.2, 0.25) is 11.5 Å². The van der Waals surface area contributed by atoms with Gasteiger partial charge in [0, 0.05) is 5.56 Å². The van der Waals surface area contributed by atoms with E-state index in [0.717, 1.165) is 11.1 Å². The first-order chi connectivity index (χ1) is 14.3. The maximum atomic E-state index is 6.11. The highest BCUT2D eigenvalue weighted by molar-refractivity contribution is 5.77. The Bertz CT molecular complexity index is 845. The van der Waals surface area contributed by atoms with Crippen LogP contribution in [0.2, 0.25) is 0 Å². The molecule has 2 aromatic carbocycles. The largest absolute Gasteiger partial charge is 0.493 e. The number of methoxy groups -OCH3 is 4. The van der Waals surface area contributed by atoms with E-state index in [4.69, 9.17) is 28.4 Å². The number of ether oxygens (including phenoxy) is 6. The molecule has 0 aliphatic heterocycles. The molecule has 2 rings (SSSR count). The maximum Gasteiger partial charge on any atom is 0.204 e. The monoisotopic (exact) mass is 418 g/mol. The Hall–Kier alpha value is -3.02. The van der Waals surface area contributed by atoms with Crippen molar-refractivity contribution in [2.45, 2.75) is 39.9 Å². The van der Waals surface area contributed by atoms with Gasteiger partial charge in [0.1, 0.15) is 0 Å². The zero-order valence-electron chi connectivity index (χ0n) is 19.1. The molecule has 0 unspecified atom stereocenters. The molecular formula is C24H32O6. The highest BCUT2D eigenvalue weighted by Gasteiger charge is 2.19. The molecule has 30 heavy (non-hydrogen) atoms. The molecule has 0 radical (unpaired) electrons. The summed E-state index contributed by atoms with van der Waals surface area (Å²) in [6.45, 7) is 7.89. The van der Waals surface area contributed by atoms with E-state index in [1.807, 2.05) is 64.1 Å². The maximum absolute atomic E-state index is 6.11. The number of hydrogen-bond donors (Lipinski definition) is 0. The second-order valence-electron chi connectivity index (χ2n) is 7.14. The minimum absolute atomic E-state index is 0.0252. The normalized spacial score (nSPS) is 11.1. The van der Waals surface area contributed by atoms with Crippen molar-refractivity contribution in [2.24, 2.45) is 0 Å². The van der Waals surface area contributed by atoms with Gasteiger partial charge in [-0.3, -0.25) is 0 Å². The summed E-state index contributed by atoms with van der Waals surface area (Å²) in [6, 6.07) is 7.59. The van der Waals surface area contributed by atoms with Crippen LogP contribution in [-0.2, 0) is 0 Å². The van der Waals surface area contributed by atoms with Gasteiger partial charge in [-0.2, -0.15) is 0 Å². The van der Waals surface area contributed by atoms with Crippen LogP contribution < -0.4 is 28.4 Å². The highest BCUT2D eigenvalue weighted by atomic mass is 16.6. The van der Waals surface area contributed by atoms with E-state index >= 15 is 0 Å². The molecule has 0 aliphatic rings. The molecule has 2 aromatic rings. The molecule has 0 aromatic heterocycles. The third-order valence-electron chi connectivity index (χ3n) is 4.18. The van der Waals surface area contributed by atoms with E-state index < -0.39 is 0 Å². The summed E-state index contributed by atoms with van der Waals surface area (Å²) in [5.41, 5.74) is 1.76.